The lowest BCUT2D eigenvalue weighted by Gasteiger charge is -2.31. The van der Waals surface area contributed by atoms with E-state index in [1.54, 1.807) is 0 Å². The molecule has 1 fully saturated rings. The molecule has 1 heterocycles. The molecule has 0 aliphatic carbocycles. The van der Waals surface area contributed by atoms with Crippen molar-refractivity contribution in [1.82, 2.24) is 10.6 Å². The second kappa shape index (κ2) is 8.76. The van der Waals surface area contributed by atoms with Gasteiger partial charge in [0.15, 0.2) is 0 Å². The molecule has 0 saturated carbocycles. The summed E-state index contributed by atoms with van der Waals surface area (Å²) in [7, 11) is 0. The molecule has 0 aromatic carbocycles. The van der Waals surface area contributed by atoms with Crippen molar-refractivity contribution in [3.05, 3.63) is 0 Å². The quantitative estimate of drug-likeness (QED) is 0.799. The van der Waals surface area contributed by atoms with Crippen LogP contribution in [0.3, 0.4) is 0 Å². The number of halogens is 1. The van der Waals surface area contributed by atoms with Gasteiger partial charge in [0.2, 0.25) is 5.91 Å². The molecule has 102 valence electrons. The maximum absolute atomic E-state index is 11.8. The summed E-state index contributed by atoms with van der Waals surface area (Å²) in [4.78, 5) is 11.8. The van der Waals surface area contributed by atoms with E-state index < -0.39 is 0 Å². The Morgan fingerprint density at radius 1 is 1.41 bits per heavy atom. The normalized spacial score (nSPS) is 24.2. The van der Waals surface area contributed by atoms with Crippen molar-refractivity contribution >= 4 is 18.3 Å². The molecule has 17 heavy (non-hydrogen) atoms. The first-order chi connectivity index (χ1) is 7.67. The second-order valence-corrected chi connectivity index (χ2v) is 4.95. The molecule has 0 aromatic heterocycles. The predicted octanol–water partition coefficient (Wildman–Crippen LogP) is 2.49. The fourth-order valence-corrected chi connectivity index (χ4v) is 2.35. The Balaban J connectivity index is 0.00000256. The third kappa shape index (κ3) is 5.73. The average Bonchev–Trinajstić information content (AvgIpc) is 2.29. The Labute approximate surface area is 112 Å². The average molecular weight is 263 g/mol. The number of nitrogens with one attached hydrogen (secondary N) is 2. The smallest absolute Gasteiger partial charge is 0.220 e. The Kier molecular flexibility index (Phi) is 8.61. The van der Waals surface area contributed by atoms with E-state index in [9.17, 15) is 4.79 Å². The minimum absolute atomic E-state index is 0. The molecule has 1 aliphatic rings. The molecule has 2 N–H and O–H groups in total. The summed E-state index contributed by atoms with van der Waals surface area (Å²) in [6, 6.07) is 0.745. The van der Waals surface area contributed by atoms with Crippen LogP contribution in [-0.2, 0) is 4.79 Å². The van der Waals surface area contributed by atoms with E-state index in [0.717, 1.165) is 25.8 Å². The summed E-state index contributed by atoms with van der Waals surface area (Å²) in [5.74, 6) is 0.779. The van der Waals surface area contributed by atoms with Gasteiger partial charge in [0.05, 0.1) is 0 Å². The van der Waals surface area contributed by atoms with Crippen LogP contribution in [0.1, 0.15) is 52.9 Å². The summed E-state index contributed by atoms with van der Waals surface area (Å²) < 4.78 is 0. The van der Waals surface area contributed by atoms with E-state index in [4.69, 9.17) is 0 Å². The van der Waals surface area contributed by atoms with Crippen LogP contribution in [0, 0.1) is 5.92 Å². The minimum Gasteiger partial charge on any atom is -0.352 e. The fourth-order valence-electron chi connectivity index (χ4n) is 2.35. The highest BCUT2D eigenvalue weighted by Gasteiger charge is 2.22. The van der Waals surface area contributed by atoms with Gasteiger partial charge in [-0.2, -0.15) is 0 Å². The van der Waals surface area contributed by atoms with Crippen molar-refractivity contribution in [2.75, 3.05) is 6.54 Å². The summed E-state index contributed by atoms with van der Waals surface area (Å²) >= 11 is 0. The summed E-state index contributed by atoms with van der Waals surface area (Å²) in [6.07, 6.45) is 5.17. The number of piperidine rings is 1. The number of carbonyl (C=O) groups is 1. The van der Waals surface area contributed by atoms with Gasteiger partial charge in [-0.25, -0.2) is 0 Å². The zero-order chi connectivity index (χ0) is 12.0. The molecule has 0 aromatic rings. The van der Waals surface area contributed by atoms with Gasteiger partial charge in [-0.1, -0.05) is 26.7 Å². The van der Waals surface area contributed by atoms with Crippen molar-refractivity contribution in [3.8, 4) is 0 Å². The molecular weight excluding hydrogens is 236 g/mol. The molecule has 1 rings (SSSR count). The minimum atomic E-state index is 0. The van der Waals surface area contributed by atoms with E-state index in [1.807, 2.05) is 0 Å². The zero-order valence-electron chi connectivity index (χ0n) is 11.3. The Morgan fingerprint density at radius 3 is 2.59 bits per heavy atom. The van der Waals surface area contributed by atoms with Gasteiger partial charge in [0.1, 0.15) is 0 Å². The molecule has 0 bridgehead atoms. The highest BCUT2D eigenvalue weighted by molar-refractivity contribution is 5.85. The largest absolute Gasteiger partial charge is 0.352 e. The van der Waals surface area contributed by atoms with Gasteiger partial charge in [0.25, 0.3) is 0 Å². The van der Waals surface area contributed by atoms with E-state index in [0.29, 0.717) is 24.4 Å². The maximum Gasteiger partial charge on any atom is 0.220 e. The summed E-state index contributed by atoms with van der Waals surface area (Å²) in [5, 5.41) is 6.57. The molecule has 0 radical (unpaired) electrons. The summed E-state index contributed by atoms with van der Waals surface area (Å²) in [5.41, 5.74) is 0. The maximum atomic E-state index is 11.8. The molecule has 2 atom stereocenters. The topological polar surface area (TPSA) is 41.1 Å². The van der Waals surface area contributed by atoms with E-state index >= 15 is 0 Å². The van der Waals surface area contributed by atoms with Crippen LogP contribution in [0.4, 0.5) is 0 Å². The van der Waals surface area contributed by atoms with E-state index in [1.165, 1.54) is 6.42 Å². The lowest BCUT2D eigenvalue weighted by molar-refractivity contribution is -0.123. The SMILES string of the molecule is CCC(CC)CC(=O)NC1CCCNC1C.Cl. The standard InChI is InChI=1S/C13H26N2O.ClH/c1-4-11(5-2)9-13(16)15-12-7-6-8-14-10(12)3;/h10-12,14H,4-9H2,1-3H3,(H,15,16);1H. The van der Waals surface area contributed by atoms with Crippen LogP contribution < -0.4 is 10.6 Å². The Morgan fingerprint density at radius 2 is 2.06 bits per heavy atom. The van der Waals surface area contributed by atoms with Crippen LogP contribution in [0.5, 0.6) is 0 Å². The van der Waals surface area contributed by atoms with Gasteiger partial charge in [-0.15, -0.1) is 12.4 Å². The molecular formula is C13H27ClN2O. The third-order valence-electron chi connectivity index (χ3n) is 3.74. The molecule has 3 nitrogen and oxygen atoms in total. The number of carbonyl (C=O) groups excluding carboxylic acids is 1. The number of amides is 1. The van der Waals surface area contributed by atoms with Crippen molar-refractivity contribution in [2.24, 2.45) is 5.92 Å². The molecule has 0 spiro atoms. The van der Waals surface area contributed by atoms with Crippen molar-refractivity contribution < 1.29 is 4.79 Å². The predicted molar refractivity (Wildman–Crippen MR) is 74.6 cm³/mol. The van der Waals surface area contributed by atoms with Crippen LogP contribution >= 0.6 is 12.4 Å². The Hall–Kier alpha value is -0.280. The number of rotatable bonds is 5. The van der Waals surface area contributed by atoms with Gasteiger partial charge in [-0.05, 0) is 32.2 Å². The first kappa shape index (κ1) is 16.7. The highest BCUT2D eigenvalue weighted by atomic mass is 35.5. The van der Waals surface area contributed by atoms with E-state index in [2.05, 4.69) is 31.4 Å². The molecule has 1 amide bonds. The Bertz CT molecular complexity index is 219. The molecule has 2 unspecified atom stereocenters. The van der Waals surface area contributed by atoms with Crippen molar-refractivity contribution in [2.45, 2.75) is 65.0 Å². The van der Waals surface area contributed by atoms with Crippen molar-refractivity contribution in [3.63, 3.8) is 0 Å². The number of hydrogen-bond donors (Lipinski definition) is 2. The van der Waals surface area contributed by atoms with E-state index in [-0.39, 0.29) is 18.3 Å². The highest BCUT2D eigenvalue weighted by Crippen LogP contribution is 2.13. The third-order valence-corrected chi connectivity index (χ3v) is 3.74. The molecule has 1 saturated heterocycles. The van der Waals surface area contributed by atoms with Gasteiger partial charge in [0, 0.05) is 18.5 Å². The van der Waals surface area contributed by atoms with Gasteiger partial charge < -0.3 is 10.6 Å². The van der Waals surface area contributed by atoms with Crippen molar-refractivity contribution in [1.29, 1.82) is 0 Å². The zero-order valence-corrected chi connectivity index (χ0v) is 12.1. The van der Waals surface area contributed by atoms with Gasteiger partial charge in [-0.3, -0.25) is 4.79 Å². The molecule has 1 aliphatic heterocycles. The molecule has 4 heteroatoms. The fraction of sp³-hybridized carbons (Fsp3) is 0.923. The number of hydrogen-bond acceptors (Lipinski definition) is 2. The van der Waals surface area contributed by atoms with Crippen LogP contribution in [0.2, 0.25) is 0 Å². The summed E-state index contributed by atoms with van der Waals surface area (Å²) in [6.45, 7) is 7.56. The lowest BCUT2D eigenvalue weighted by Crippen LogP contribution is -2.52. The first-order valence-corrected chi connectivity index (χ1v) is 6.70. The monoisotopic (exact) mass is 262 g/mol. The van der Waals surface area contributed by atoms with Gasteiger partial charge >= 0.3 is 0 Å². The van der Waals surface area contributed by atoms with Crippen LogP contribution in [-0.4, -0.2) is 24.5 Å². The van der Waals surface area contributed by atoms with Crippen LogP contribution in [0.15, 0.2) is 0 Å². The first-order valence-electron chi connectivity index (χ1n) is 6.70. The van der Waals surface area contributed by atoms with Crippen LogP contribution in [0.25, 0.3) is 0 Å². The lowest BCUT2D eigenvalue weighted by atomic mass is 9.96. The second-order valence-electron chi connectivity index (χ2n) is 4.95.